The number of piperidine rings is 1. The molecule has 1 unspecified atom stereocenters. The Bertz CT molecular complexity index is 866. The highest BCUT2D eigenvalue weighted by molar-refractivity contribution is 7.89. The van der Waals surface area contributed by atoms with Crippen molar-refractivity contribution in [3.63, 3.8) is 0 Å². The molecule has 2 N–H and O–H groups in total. The lowest BCUT2D eigenvalue weighted by Gasteiger charge is -2.31. The molecule has 1 amide bonds. The van der Waals surface area contributed by atoms with Gasteiger partial charge in [-0.15, -0.1) is 0 Å². The fourth-order valence-electron chi connectivity index (χ4n) is 3.18. The van der Waals surface area contributed by atoms with Crippen molar-refractivity contribution in [1.82, 2.24) is 9.62 Å². The number of nitrogens with one attached hydrogen (secondary N) is 1. The number of aliphatic hydroxyl groups is 1. The molecule has 1 aliphatic rings. The van der Waals surface area contributed by atoms with Crippen LogP contribution in [0.25, 0.3) is 10.8 Å². The van der Waals surface area contributed by atoms with Gasteiger partial charge >= 0.3 is 0 Å². The molecule has 0 bridgehead atoms. The summed E-state index contributed by atoms with van der Waals surface area (Å²) in [4.78, 5) is 12.3. The second-order valence-corrected chi connectivity index (χ2v) is 8.16. The molecule has 1 heterocycles. The lowest BCUT2D eigenvalue weighted by molar-refractivity contribution is -0.126. The molecule has 0 aliphatic carbocycles. The molecule has 0 radical (unpaired) electrons. The van der Waals surface area contributed by atoms with Crippen LogP contribution < -0.4 is 5.32 Å². The van der Waals surface area contributed by atoms with Crippen molar-refractivity contribution in [2.45, 2.75) is 17.7 Å². The lowest BCUT2D eigenvalue weighted by Crippen LogP contribution is -2.45. The smallest absolute Gasteiger partial charge is 0.243 e. The molecule has 0 spiro atoms. The number of sulfonamides is 1. The normalized spacial score (nSPS) is 19.0. The first-order valence-electron chi connectivity index (χ1n) is 8.40. The van der Waals surface area contributed by atoms with Crippen LogP contribution in [0.15, 0.2) is 47.4 Å². The fourth-order valence-corrected chi connectivity index (χ4v) is 4.73. The van der Waals surface area contributed by atoms with Crippen molar-refractivity contribution in [2.24, 2.45) is 5.92 Å². The number of benzene rings is 2. The molecule has 0 saturated carbocycles. The Morgan fingerprint density at radius 2 is 1.96 bits per heavy atom. The minimum atomic E-state index is -3.64. The van der Waals surface area contributed by atoms with E-state index in [4.69, 9.17) is 5.11 Å². The number of nitrogens with zero attached hydrogens (tertiary/aromatic N) is 1. The van der Waals surface area contributed by atoms with E-state index in [1.807, 2.05) is 24.3 Å². The Morgan fingerprint density at radius 1 is 1.20 bits per heavy atom. The second-order valence-electron chi connectivity index (χ2n) is 6.23. The Hall–Kier alpha value is -1.96. The summed E-state index contributed by atoms with van der Waals surface area (Å²) in [5, 5.41) is 13.3. The van der Waals surface area contributed by atoms with Gasteiger partial charge in [0.15, 0.2) is 0 Å². The number of carbonyl (C=O) groups is 1. The molecule has 1 saturated heterocycles. The quantitative estimate of drug-likeness (QED) is 0.841. The molecular formula is C18H22N2O4S. The van der Waals surface area contributed by atoms with Crippen LogP contribution in [-0.2, 0) is 14.8 Å². The lowest BCUT2D eigenvalue weighted by atomic mass is 9.99. The van der Waals surface area contributed by atoms with Gasteiger partial charge in [-0.25, -0.2) is 8.42 Å². The van der Waals surface area contributed by atoms with Crippen LogP contribution in [0.5, 0.6) is 0 Å². The van der Waals surface area contributed by atoms with Crippen molar-refractivity contribution < 1.29 is 18.3 Å². The largest absolute Gasteiger partial charge is 0.395 e. The van der Waals surface area contributed by atoms with E-state index in [0.717, 1.165) is 10.8 Å². The van der Waals surface area contributed by atoms with Crippen LogP contribution in [0.2, 0.25) is 0 Å². The number of hydrogen-bond donors (Lipinski definition) is 2. The van der Waals surface area contributed by atoms with Crippen molar-refractivity contribution in [1.29, 1.82) is 0 Å². The van der Waals surface area contributed by atoms with Gasteiger partial charge < -0.3 is 10.4 Å². The van der Waals surface area contributed by atoms with E-state index in [9.17, 15) is 13.2 Å². The molecule has 0 aromatic heterocycles. The molecule has 7 heteroatoms. The highest BCUT2D eigenvalue weighted by atomic mass is 32.2. The van der Waals surface area contributed by atoms with Gasteiger partial charge in [0.1, 0.15) is 0 Å². The van der Waals surface area contributed by atoms with Crippen LogP contribution in [0, 0.1) is 5.92 Å². The summed E-state index contributed by atoms with van der Waals surface area (Å²) >= 11 is 0. The maximum absolute atomic E-state index is 13.0. The van der Waals surface area contributed by atoms with Crippen molar-refractivity contribution >= 4 is 26.7 Å². The molecule has 2 aromatic carbocycles. The third-order valence-electron chi connectivity index (χ3n) is 4.52. The van der Waals surface area contributed by atoms with E-state index in [1.54, 1.807) is 18.2 Å². The number of carbonyl (C=O) groups excluding carboxylic acids is 1. The van der Waals surface area contributed by atoms with Crippen molar-refractivity contribution in [2.75, 3.05) is 26.2 Å². The Labute approximate surface area is 147 Å². The summed E-state index contributed by atoms with van der Waals surface area (Å²) in [6.07, 6.45) is 1.30. The van der Waals surface area contributed by atoms with Crippen LogP contribution in [0.1, 0.15) is 12.8 Å². The number of rotatable bonds is 5. The maximum Gasteiger partial charge on any atom is 0.243 e. The van der Waals surface area contributed by atoms with Gasteiger partial charge in [0.2, 0.25) is 15.9 Å². The standard InChI is InChI=1S/C18H22N2O4S/c21-11-9-19-18(22)16-6-3-10-20(13-16)25(23,24)17-8-7-14-4-1-2-5-15(14)12-17/h1-2,4-5,7-8,12,16,21H,3,6,9-11,13H2,(H,19,22). The summed E-state index contributed by atoms with van der Waals surface area (Å²) in [7, 11) is -3.64. The summed E-state index contributed by atoms with van der Waals surface area (Å²) in [5.74, 6) is -0.581. The minimum absolute atomic E-state index is 0.127. The molecule has 2 aromatic rings. The summed E-state index contributed by atoms with van der Waals surface area (Å²) in [6, 6.07) is 12.7. The number of amides is 1. The molecule has 6 nitrogen and oxygen atoms in total. The Morgan fingerprint density at radius 3 is 2.72 bits per heavy atom. The van der Waals surface area contributed by atoms with E-state index in [-0.39, 0.29) is 36.4 Å². The number of aliphatic hydroxyl groups excluding tert-OH is 1. The van der Waals surface area contributed by atoms with Crippen LogP contribution in [0.3, 0.4) is 0 Å². The van der Waals surface area contributed by atoms with E-state index in [2.05, 4.69) is 5.32 Å². The number of hydrogen-bond acceptors (Lipinski definition) is 4. The number of fused-ring (bicyclic) bond motifs is 1. The van der Waals surface area contributed by atoms with Crippen molar-refractivity contribution in [3.05, 3.63) is 42.5 Å². The van der Waals surface area contributed by atoms with Gasteiger partial charge in [0, 0.05) is 19.6 Å². The van der Waals surface area contributed by atoms with Gasteiger partial charge in [-0.1, -0.05) is 30.3 Å². The van der Waals surface area contributed by atoms with Crippen LogP contribution >= 0.6 is 0 Å². The molecule has 1 fully saturated rings. The zero-order valence-corrected chi connectivity index (χ0v) is 14.7. The second kappa shape index (κ2) is 7.51. The zero-order chi connectivity index (χ0) is 17.9. The topological polar surface area (TPSA) is 86.7 Å². The SMILES string of the molecule is O=C(NCCO)C1CCCN(S(=O)(=O)c2ccc3ccccc3c2)C1. The van der Waals surface area contributed by atoms with Crippen LogP contribution in [0.4, 0.5) is 0 Å². The van der Waals surface area contributed by atoms with E-state index < -0.39 is 10.0 Å². The first-order valence-corrected chi connectivity index (χ1v) is 9.84. The van der Waals surface area contributed by atoms with Crippen molar-refractivity contribution in [3.8, 4) is 0 Å². The van der Waals surface area contributed by atoms with Gasteiger partial charge in [-0.2, -0.15) is 4.31 Å². The molecule has 1 atom stereocenters. The molecule has 3 rings (SSSR count). The van der Waals surface area contributed by atoms with E-state index in [0.29, 0.717) is 19.4 Å². The predicted molar refractivity (Wildman–Crippen MR) is 95.5 cm³/mol. The fraction of sp³-hybridized carbons (Fsp3) is 0.389. The molecule has 25 heavy (non-hydrogen) atoms. The van der Waals surface area contributed by atoms with Gasteiger partial charge in [-0.3, -0.25) is 4.79 Å². The average molecular weight is 362 g/mol. The highest BCUT2D eigenvalue weighted by Crippen LogP contribution is 2.26. The maximum atomic E-state index is 13.0. The van der Waals surface area contributed by atoms with Gasteiger partial charge in [-0.05, 0) is 35.7 Å². The predicted octanol–water partition coefficient (Wildman–Crippen LogP) is 1.35. The third kappa shape index (κ3) is 3.84. The molecular weight excluding hydrogens is 340 g/mol. The Kier molecular flexibility index (Phi) is 5.36. The first-order chi connectivity index (χ1) is 12.0. The summed E-state index contributed by atoms with van der Waals surface area (Å²) in [5.41, 5.74) is 0. The van der Waals surface area contributed by atoms with Gasteiger partial charge in [0.25, 0.3) is 0 Å². The average Bonchev–Trinajstić information content (AvgIpc) is 2.65. The van der Waals surface area contributed by atoms with Gasteiger partial charge in [0.05, 0.1) is 17.4 Å². The minimum Gasteiger partial charge on any atom is -0.395 e. The van der Waals surface area contributed by atoms with Crippen LogP contribution in [-0.4, -0.2) is 50.0 Å². The summed E-state index contributed by atoms with van der Waals surface area (Å²) < 4.78 is 27.3. The molecule has 1 aliphatic heterocycles. The monoisotopic (exact) mass is 362 g/mol. The van der Waals surface area contributed by atoms with E-state index in [1.165, 1.54) is 4.31 Å². The zero-order valence-electron chi connectivity index (χ0n) is 13.9. The third-order valence-corrected chi connectivity index (χ3v) is 6.39. The highest BCUT2D eigenvalue weighted by Gasteiger charge is 2.33. The Balaban J connectivity index is 1.81. The molecule has 134 valence electrons. The summed E-state index contributed by atoms with van der Waals surface area (Å²) in [6.45, 7) is 0.648. The van der Waals surface area contributed by atoms with E-state index >= 15 is 0 Å². The first kappa shape index (κ1) is 17.8.